The fourth-order valence-corrected chi connectivity index (χ4v) is 4.10. The number of hydrogen-bond acceptors (Lipinski definition) is 6. The number of fused-ring (bicyclic) bond motifs is 1. The molecule has 0 aliphatic heterocycles. The zero-order valence-corrected chi connectivity index (χ0v) is 18.1. The first-order valence-corrected chi connectivity index (χ1v) is 10.8. The van der Waals surface area contributed by atoms with Crippen LogP contribution in [0.15, 0.2) is 71.9 Å². The van der Waals surface area contributed by atoms with Gasteiger partial charge in [-0.1, -0.05) is 65.3 Å². The molecule has 1 aromatic heterocycles. The van der Waals surface area contributed by atoms with E-state index >= 15 is 0 Å². The van der Waals surface area contributed by atoms with E-state index in [0.29, 0.717) is 21.4 Å². The number of hydrogen-bond donors (Lipinski definition) is 0. The van der Waals surface area contributed by atoms with Crippen LogP contribution in [0.25, 0.3) is 22.2 Å². The van der Waals surface area contributed by atoms with Crippen molar-refractivity contribution in [1.82, 2.24) is 9.97 Å². The highest BCUT2D eigenvalue weighted by Crippen LogP contribution is 2.31. The second-order valence-corrected chi connectivity index (χ2v) is 8.30. The van der Waals surface area contributed by atoms with Crippen LogP contribution in [0.2, 0.25) is 10.0 Å². The van der Waals surface area contributed by atoms with E-state index in [-0.39, 0.29) is 27.8 Å². The Kier molecular flexibility index (Phi) is 6.18. The SMILES string of the molecule is O=C(CSc1nc(-c2ccccc2)c2cc(Cl)ccc2n1)c1ccc(Cl)c([N+](=O)[O-])c1. The molecule has 0 aliphatic rings. The topological polar surface area (TPSA) is 86.0 Å². The third-order valence-electron chi connectivity index (χ3n) is 4.48. The summed E-state index contributed by atoms with van der Waals surface area (Å²) in [6.45, 7) is 0. The summed E-state index contributed by atoms with van der Waals surface area (Å²) in [6, 6.07) is 19.0. The van der Waals surface area contributed by atoms with Crippen molar-refractivity contribution in [2.45, 2.75) is 5.16 Å². The van der Waals surface area contributed by atoms with Gasteiger partial charge < -0.3 is 0 Å². The quantitative estimate of drug-likeness (QED) is 0.105. The van der Waals surface area contributed by atoms with Gasteiger partial charge in [0.25, 0.3) is 5.69 Å². The van der Waals surface area contributed by atoms with Gasteiger partial charge in [0.1, 0.15) is 5.02 Å². The number of aromatic nitrogens is 2. The van der Waals surface area contributed by atoms with Gasteiger partial charge in [0.15, 0.2) is 10.9 Å². The summed E-state index contributed by atoms with van der Waals surface area (Å²) in [7, 11) is 0. The lowest BCUT2D eigenvalue weighted by atomic mass is 10.1. The van der Waals surface area contributed by atoms with E-state index in [4.69, 9.17) is 23.2 Å². The number of nitro benzene ring substituents is 1. The molecule has 0 aliphatic carbocycles. The number of nitro groups is 1. The van der Waals surface area contributed by atoms with Gasteiger partial charge in [-0.3, -0.25) is 14.9 Å². The second-order valence-electron chi connectivity index (χ2n) is 6.52. The van der Waals surface area contributed by atoms with Crippen molar-refractivity contribution in [3.05, 3.63) is 92.5 Å². The number of thioether (sulfide) groups is 1. The monoisotopic (exact) mass is 469 g/mol. The molecule has 0 spiro atoms. The molecule has 4 rings (SSSR count). The van der Waals surface area contributed by atoms with Crippen molar-refractivity contribution in [3.8, 4) is 11.3 Å². The molecular formula is C22H13Cl2N3O3S. The molecule has 4 aromatic rings. The number of carbonyl (C=O) groups excluding carboxylic acids is 1. The second kappa shape index (κ2) is 9.01. The van der Waals surface area contributed by atoms with Crippen LogP contribution >= 0.6 is 35.0 Å². The van der Waals surface area contributed by atoms with Crippen LogP contribution in [-0.2, 0) is 0 Å². The average molecular weight is 470 g/mol. The zero-order valence-electron chi connectivity index (χ0n) is 15.8. The van der Waals surface area contributed by atoms with Crippen molar-refractivity contribution in [3.63, 3.8) is 0 Å². The molecule has 0 unspecified atom stereocenters. The number of carbonyl (C=O) groups is 1. The van der Waals surface area contributed by atoms with Crippen LogP contribution in [0.5, 0.6) is 0 Å². The zero-order chi connectivity index (χ0) is 22.0. The predicted octanol–water partition coefficient (Wildman–Crippen LogP) is 6.49. The van der Waals surface area contributed by atoms with E-state index in [0.717, 1.165) is 22.7 Å². The van der Waals surface area contributed by atoms with E-state index in [2.05, 4.69) is 9.97 Å². The fraction of sp³-hybridized carbons (Fsp3) is 0.0455. The summed E-state index contributed by atoms with van der Waals surface area (Å²) in [5, 5.41) is 12.9. The van der Waals surface area contributed by atoms with Gasteiger partial charge in [-0.15, -0.1) is 0 Å². The number of Topliss-reactive ketones (excluding diaryl/α,β-unsaturated/α-hetero) is 1. The summed E-state index contributed by atoms with van der Waals surface area (Å²) in [4.78, 5) is 32.3. The molecular weight excluding hydrogens is 457 g/mol. The van der Waals surface area contributed by atoms with Crippen LogP contribution < -0.4 is 0 Å². The third-order valence-corrected chi connectivity index (χ3v) is 5.88. The smallest absolute Gasteiger partial charge is 0.288 e. The lowest BCUT2D eigenvalue weighted by molar-refractivity contribution is -0.384. The first kappa shape index (κ1) is 21.2. The minimum atomic E-state index is -0.615. The van der Waals surface area contributed by atoms with Crippen LogP contribution in [0.4, 0.5) is 5.69 Å². The van der Waals surface area contributed by atoms with Crippen LogP contribution in [0.3, 0.4) is 0 Å². The van der Waals surface area contributed by atoms with Gasteiger partial charge in [-0.2, -0.15) is 0 Å². The lowest BCUT2D eigenvalue weighted by Crippen LogP contribution is -2.04. The Morgan fingerprint density at radius 1 is 1.00 bits per heavy atom. The highest BCUT2D eigenvalue weighted by molar-refractivity contribution is 7.99. The molecule has 154 valence electrons. The molecule has 0 N–H and O–H groups in total. The van der Waals surface area contributed by atoms with Crippen molar-refractivity contribution in [2.75, 3.05) is 5.75 Å². The number of rotatable bonds is 6. The van der Waals surface area contributed by atoms with Gasteiger partial charge in [0.05, 0.1) is 21.9 Å². The molecule has 9 heteroatoms. The van der Waals surface area contributed by atoms with Crippen molar-refractivity contribution in [1.29, 1.82) is 0 Å². The summed E-state index contributed by atoms with van der Waals surface area (Å²) < 4.78 is 0. The third kappa shape index (κ3) is 4.69. The number of nitrogens with zero attached hydrogens (tertiary/aromatic N) is 3. The number of ketones is 1. The van der Waals surface area contributed by atoms with E-state index < -0.39 is 4.92 Å². The molecule has 31 heavy (non-hydrogen) atoms. The molecule has 0 fully saturated rings. The maximum absolute atomic E-state index is 12.6. The predicted molar refractivity (Wildman–Crippen MR) is 123 cm³/mol. The van der Waals surface area contributed by atoms with Crippen molar-refractivity contribution >= 4 is 57.3 Å². The fourth-order valence-electron chi connectivity index (χ4n) is 3.00. The van der Waals surface area contributed by atoms with E-state index in [1.54, 1.807) is 12.1 Å². The Bertz CT molecular complexity index is 1320. The summed E-state index contributed by atoms with van der Waals surface area (Å²) in [5.41, 5.74) is 2.22. The molecule has 0 radical (unpaired) electrons. The lowest BCUT2D eigenvalue weighted by Gasteiger charge is -2.09. The molecule has 1 heterocycles. The summed E-state index contributed by atoms with van der Waals surface area (Å²) >= 11 is 13.2. The Hall–Kier alpha value is -3.00. The maximum Gasteiger partial charge on any atom is 0.288 e. The maximum atomic E-state index is 12.6. The molecule has 0 saturated carbocycles. The van der Waals surface area contributed by atoms with Crippen LogP contribution in [0, 0.1) is 10.1 Å². The minimum absolute atomic E-state index is 0.0155. The van der Waals surface area contributed by atoms with Gasteiger partial charge >= 0.3 is 0 Å². The summed E-state index contributed by atoms with van der Waals surface area (Å²) in [6.07, 6.45) is 0. The normalized spacial score (nSPS) is 10.9. The molecule has 0 bridgehead atoms. The Morgan fingerprint density at radius 2 is 1.77 bits per heavy atom. The van der Waals surface area contributed by atoms with Gasteiger partial charge in [-0.25, -0.2) is 9.97 Å². The first-order chi connectivity index (χ1) is 14.9. The molecule has 6 nitrogen and oxygen atoms in total. The van der Waals surface area contributed by atoms with Crippen LogP contribution in [0.1, 0.15) is 10.4 Å². The van der Waals surface area contributed by atoms with Crippen LogP contribution in [-0.4, -0.2) is 26.4 Å². The van der Waals surface area contributed by atoms with E-state index in [1.165, 1.54) is 18.2 Å². The molecule has 0 atom stereocenters. The van der Waals surface area contributed by atoms with Gasteiger partial charge in [-0.05, 0) is 30.3 Å². The minimum Gasteiger partial charge on any atom is -0.293 e. The van der Waals surface area contributed by atoms with E-state index in [9.17, 15) is 14.9 Å². The van der Waals surface area contributed by atoms with Crippen molar-refractivity contribution in [2.24, 2.45) is 0 Å². The Labute approximate surface area is 191 Å². The molecule has 3 aromatic carbocycles. The van der Waals surface area contributed by atoms with E-state index in [1.807, 2.05) is 36.4 Å². The number of benzene rings is 3. The van der Waals surface area contributed by atoms with Crippen molar-refractivity contribution < 1.29 is 9.72 Å². The molecule has 0 saturated heterocycles. The highest BCUT2D eigenvalue weighted by atomic mass is 35.5. The Morgan fingerprint density at radius 3 is 2.52 bits per heavy atom. The molecule has 0 amide bonds. The largest absolute Gasteiger partial charge is 0.293 e. The average Bonchev–Trinajstić information content (AvgIpc) is 2.77. The highest BCUT2D eigenvalue weighted by Gasteiger charge is 2.17. The Balaban J connectivity index is 1.65. The van der Waals surface area contributed by atoms with Gasteiger partial charge in [0.2, 0.25) is 0 Å². The standard InChI is InChI=1S/C22H13Cl2N3O3S/c23-15-7-9-18-16(11-15)21(13-4-2-1-3-5-13)26-22(25-18)31-12-20(28)14-6-8-17(24)19(10-14)27(29)30/h1-11H,12H2. The van der Waals surface area contributed by atoms with Gasteiger partial charge in [0, 0.05) is 27.6 Å². The number of halogens is 2. The first-order valence-electron chi connectivity index (χ1n) is 9.05. The summed E-state index contributed by atoms with van der Waals surface area (Å²) in [5.74, 6) is -0.266.